The van der Waals surface area contributed by atoms with Crippen molar-refractivity contribution in [1.82, 2.24) is 10.3 Å². The third-order valence-corrected chi connectivity index (χ3v) is 5.38. The first-order valence-electron chi connectivity index (χ1n) is 8.36. The van der Waals surface area contributed by atoms with Crippen LogP contribution in [0.25, 0.3) is 0 Å². The first-order chi connectivity index (χ1) is 11.5. The van der Waals surface area contributed by atoms with Gasteiger partial charge in [-0.05, 0) is 37.3 Å². The number of rotatable bonds is 6. The van der Waals surface area contributed by atoms with Crippen molar-refractivity contribution in [3.05, 3.63) is 22.9 Å². The first-order valence-corrected chi connectivity index (χ1v) is 9.35. The zero-order valence-corrected chi connectivity index (χ0v) is 15.4. The Hall–Kier alpha value is -1.58. The third-order valence-electron chi connectivity index (χ3n) is 4.41. The molecule has 0 spiro atoms. The van der Waals surface area contributed by atoms with E-state index >= 15 is 0 Å². The summed E-state index contributed by atoms with van der Waals surface area (Å²) >= 11 is 1.32. The highest BCUT2D eigenvalue weighted by Gasteiger charge is 2.23. The number of amides is 1. The molecule has 2 atom stereocenters. The summed E-state index contributed by atoms with van der Waals surface area (Å²) in [5.41, 5.74) is 2.15. The maximum absolute atomic E-state index is 12.3. The van der Waals surface area contributed by atoms with E-state index in [4.69, 9.17) is 4.74 Å². The minimum absolute atomic E-state index is 0.0132. The largest absolute Gasteiger partial charge is 0.380 e. The van der Waals surface area contributed by atoms with Crippen LogP contribution in [0.1, 0.15) is 49.4 Å². The van der Waals surface area contributed by atoms with Crippen LogP contribution < -0.4 is 5.32 Å². The number of nitrogens with zero attached hydrogens (tertiary/aromatic N) is 2. The number of thioether (sulfide) groups is 1. The van der Waals surface area contributed by atoms with Gasteiger partial charge in [0, 0.05) is 18.8 Å². The van der Waals surface area contributed by atoms with E-state index in [0.717, 1.165) is 17.7 Å². The van der Waals surface area contributed by atoms with Crippen molar-refractivity contribution >= 4 is 17.7 Å². The number of nitriles is 1. The molecule has 1 fully saturated rings. The fourth-order valence-corrected chi connectivity index (χ4v) is 4.00. The van der Waals surface area contributed by atoms with Crippen LogP contribution in [0.3, 0.4) is 0 Å². The van der Waals surface area contributed by atoms with E-state index < -0.39 is 0 Å². The van der Waals surface area contributed by atoms with Crippen molar-refractivity contribution in [3.8, 4) is 6.07 Å². The summed E-state index contributed by atoms with van der Waals surface area (Å²) < 4.78 is 5.15. The van der Waals surface area contributed by atoms with Crippen LogP contribution in [-0.2, 0) is 16.1 Å². The molecule has 1 saturated carbocycles. The smallest absolute Gasteiger partial charge is 0.230 e. The van der Waals surface area contributed by atoms with E-state index in [1.165, 1.54) is 31.0 Å². The number of pyridine rings is 1. The topological polar surface area (TPSA) is 75.0 Å². The molecule has 1 N–H and O–H groups in total. The summed E-state index contributed by atoms with van der Waals surface area (Å²) in [5.74, 6) is 0.827. The Morgan fingerprint density at radius 2 is 2.25 bits per heavy atom. The number of methoxy groups -OCH3 is 1. The van der Waals surface area contributed by atoms with Gasteiger partial charge in [0.2, 0.25) is 5.91 Å². The number of nitrogens with one attached hydrogen (secondary N) is 1. The Kier molecular flexibility index (Phi) is 7.07. The Morgan fingerprint density at radius 1 is 1.50 bits per heavy atom. The normalized spacial score (nSPS) is 20.4. The van der Waals surface area contributed by atoms with Crippen LogP contribution in [0, 0.1) is 24.2 Å². The predicted molar refractivity (Wildman–Crippen MR) is 94.7 cm³/mol. The van der Waals surface area contributed by atoms with Gasteiger partial charge < -0.3 is 10.1 Å². The van der Waals surface area contributed by atoms with Crippen molar-refractivity contribution in [1.29, 1.82) is 5.26 Å². The molecule has 0 radical (unpaired) electrons. The summed E-state index contributed by atoms with van der Waals surface area (Å²) in [6.07, 6.45) is 4.67. The first kappa shape index (κ1) is 18.8. The van der Waals surface area contributed by atoms with Crippen LogP contribution in [-0.4, -0.2) is 29.8 Å². The van der Waals surface area contributed by atoms with Crippen LogP contribution in [0.4, 0.5) is 0 Å². The Morgan fingerprint density at radius 3 is 2.92 bits per heavy atom. The fraction of sp³-hybridized carbons (Fsp3) is 0.611. The minimum atomic E-state index is 0.0132. The average molecular weight is 347 g/mol. The van der Waals surface area contributed by atoms with E-state index in [1.54, 1.807) is 7.11 Å². The SMILES string of the molecule is COCc1cc(C)nc(SCC(=O)N[C@@H]2CCCC[C@@H]2C)c1C#N. The lowest BCUT2D eigenvalue weighted by Gasteiger charge is -2.29. The second-order valence-corrected chi connectivity index (χ2v) is 7.34. The quantitative estimate of drug-likeness (QED) is 0.800. The number of hydrogen-bond acceptors (Lipinski definition) is 5. The summed E-state index contributed by atoms with van der Waals surface area (Å²) in [6, 6.07) is 4.33. The number of aryl methyl sites for hydroxylation is 1. The molecule has 0 saturated heterocycles. The molecule has 0 aromatic carbocycles. The lowest BCUT2D eigenvalue weighted by atomic mass is 9.86. The van der Waals surface area contributed by atoms with Gasteiger partial charge >= 0.3 is 0 Å². The van der Waals surface area contributed by atoms with Crippen LogP contribution in [0.2, 0.25) is 0 Å². The molecular formula is C18H25N3O2S. The number of aromatic nitrogens is 1. The standard InChI is InChI=1S/C18H25N3O2S/c1-12-6-4-5-7-16(12)21-17(22)11-24-18-15(9-19)14(10-23-3)8-13(2)20-18/h8,12,16H,4-7,10-11H2,1-3H3,(H,21,22)/t12-,16+/m0/s1. The van der Waals surface area contributed by atoms with Gasteiger partial charge in [-0.25, -0.2) is 4.98 Å². The molecule has 1 amide bonds. The number of hydrogen-bond donors (Lipinski definition) is 1. The van der Waals surface area contributed by atoms with Gasteiger partial charge in [0.25, 0.3) is 0 Å². The molecule has 1 heterocycles. The van der Waals surface area contributed by atoms with Gasteiger partial charge in [-0.1, -0.05) is 31.5 Å². The van der Waals surface area contributed by atoms with Crippen molar-refractivity contribution in [2.75, 3.05) is 12.9 Å². The molecule has 1 aliphatic carbocycles. The molecule has 24 heavy (non-hydrogen) atoms. The predicted octanol–water partition coefficient (Wildman–Crippen LogP) is 3.20. The third kappa shape index (κ3) is 4.96. The average Bonchev–Trinajstić information content (AvgIpc) is 2.55. The molecule has 0 unspecified atom stereocenters. The second-order valence-electron chi connectivity index (χ2n) is 6.37. The van der Waals surface area contributed by atoms with Crippen molar-refractivity contribution in [2.45, 2.75) is 57.2 Å². The molecule has 0 aliphatic heterocycles. The van der Waals surface area contributed by atoms with Crippen LogP contribution in [0.5, 0.6) is 0 Å². The van der Waals surface area contributed by atoms with Gasteiger partial charge in [0.1, 0.15) is 11.1 Å². The zero-order valence-electron chi connectivity index (χ0n) is 14.6. The zero-order chi connectivity index (χ0) is 17.5. The van der Waals surface area contributed by atoms with Crippen LogP contribution in [0.15, 0.2) is 11.1 Å². The van der Waals surface area contributed by atoms with Gasteiger partial charge in [0.15, 0.2) is 0 Å². The lowest BCUT2D eigenvalue weighted by Crippen LogP contribution is -2.41. The highest BCUT2D eigenvalue weighted by atomic mass is 32.2. The van der Waals surface area contributed by atoms with E-state index in [9.17, 15) is 10.1 Å². The molecule has 0 bridgehead atoms. The molecule has 1 aliphatic rings. The van der Waals surface area contributed by atoms with E-state index in [-0.39, 0.29) is 17.7 Å². The summed E-state index contributed by atoms with van der Waals surface area (Å²) in [6.45, 7) is 4.45. The van der Waals surface area contributed by atoms with Crippen molar-refractivity contribution in [2.24, 2.45) is 5.92 Å². The Bertz CT molecular complexity index is 627. The Labute approximate surface area is 148 Å². The fourth-order valence-electron chi connectivity index (χ4n) is 3.12. The maximum atomic E-state index is 12.3. The van der Waals surface area contributed by atoms with E-state index in [1.807, 2.05) is 13.0 Å². The van der Waals surface area contributed by atoms with Crippen molar-refractivity contribution < 1.29 is 9.53 Å². The second kappa shape index (κ2) is 9.05. The molecule has 2 rings (SSSR count). The number of ether oxygens (including phenoxy) is 1. The van der Waals surface area contributed by atoms with Gasteiger partial charge in [0.05, 0.1) is 17.9 Å². The van der Waals surface area contributed by atoms with Gasteiger partial charge in [-0.3, -0.25) is 4.79 Å². The Balaban J connectivity index is 2.00. The van der Waals surface area contributed by atoms with Crippen LogP contribution >= 0.6 is 11.8 Å². The maximum Gasteiger partial charge on any atom is 0.230 e. The van der Waals surface area contributed by atoms with E-state index in [0.29, 0.717) is 23.1 Å². The van der Waals surface area contributed by atoms with Crippen molar-refractivity contribution in [3.63, 3.8) is 0 Å². The molecule has 130 valence electrons. The summed E-state index contributed by atoms with van der Waals surface area (Å²) in [7, 11) is 1.60. The minimum Gasteiger partial charge on any atom is -0.380 e. The summed E-state index contributed by atoms with van der Waals surface area (Å²) in [4.78, 5) is 16.7. The number of carbonyl (C=O) groups excluding carboxylic acids is 1. The highest BCUT2D eigenvalue weighted by Crippen LogP contribution is 2.26. The molecular weight excluding hydrogens is 322 g/mol. The number of carbonyl (C=O) groups is 1. The highest BCUT2D eigenvalue weighted by molar-refractivity contribution is 8.00. The lowest BCUT2D eigenvalue weighted by molar-refractivity contribution is -0.119. The monoisotopic (exact) mass is 347 g/mol. The molecule has 1 aromatic rings. The summed E-state index contributed by atoms with van der Waals surface area (Å²) in [5, 5.41) is 13.2. The van der Waals surface area contributed by atoms with E-state index in [2.05, 4.69) is 23.3 Å². The molecule has 1 aromatic heterocycles. The molecule has 6 heteroatoms. The molecule has 5 nitrogen and oxygen atoms in total. The van der Waals surface area contributed by atoms with Gasteiger partial charge in [-0.2, -0.15) is 5.26 Å². The van der Waals surface area contributed by atoms with Gasteiger partial charge in [-0.15, -0.1) is 0 Å².